The highest BCUT2D eigenvalue weighted by molar-refractivity contribution is 5.41. The first-order valence-corrected chi connectivity index (χ1v) is 4.55. The molecule has 0 heterocycles. The smallest absolute Gasteiger partial charge is 0.0994 e. The van der Waals surface area contributed by atoms with E-state index in [2.05, 4.69) is 40.0 Å². The van der Waals surface area contributed by atoms with Crippen LogP contribution in [0, 0.1) is 11.3 Å². The number of nitrogens with zero attached hydrogens (tertiary/aromatic N) is 1. The third-order valence-corrected chi connectivity index (χ3v) is 1.86. The Morgan fingerprint density at radius 1 is 1.14 bits per heavy atom. The molecule has 0 saturated heterocycles. The Balaban J connectivity index is 0.000000791. The normalized spacial score (nSPS) is 9.57. The van der Waals surface area contributed by atoms with Crippen molar-refractivity contribution in [1.29, 1.82) is 5.26 Å². The summed E-state index contributed by atoms with van der Waals surface area (Å²) < 4.78 is 0. The maximum atomic E-state index is 8.83. The molecule has 1 nitrogen and oxygen atoms in total. The summed E-state index contributed by atoms with van der Waals surface area (Å²) in [7, 11) is 0. The highest BCUT2D eigenvalue weighted by atomic mass is 14.3. The maximum Gasteiger partial charge on any atom is 0.0994 e. The second-order valence-electron chi connectivity index (χ2n) is 3.91. The van der Waals surface area contributed by atoms with Crippen LogP contribution in [0.2, 0.25) is 0 Å². The van der Waals surface area contributed by atoms with Gasteiger partial charge in [0.15, 0.2) is 0 Å². The van der Waals surface area contributed by atoms with Crippen molar-refractivity contribution in [3.63, 3.8) is 0 Å². The molecular weight excluding hydrogens is 170 g/mol. The second-order valence-corrected chi connectivity index (χ2v) is 3.91. The second kappa shape index (κ2) is 5.24. The van der Waals surface area contributed by atoms with Gasteiger partial charge in [-0.05, 0) is 17.0 Å². The first kappa shape index (κ1) is 12.4. The topological polar surface area (TPSA) is 23.8 Å². The average molecular weight is 187 g/mol. The number of nitriles is 1. The molecule has 1 aromatic carbocycles. The van der Waals surface area contributed by atoms with Crippen molar-refractivity contribution in [1.82, 2.24) is 0 Å². The Labute approximate surface area is 86.7 Å². The molecule has 1 aromatic rings. The zero-order valence-corrected chi connectivity index (χ0v) is 9.17. The molecule has 0 spiro atoms. The van der Waals surface area contributed by atoms with E-state index >= 15 is 0 Å². The molecule has 0 aromatic heterocycles. The summed E-state index contributed by atoms with van der Waals surface area (Å²) in [6.07, 6.45) is 0. The molecule has 0 radical (unpaired) electrons. The fourth-order valence-corrected chi connectivity index (χ4v) is 1.23. The molecule has 0 aliphatic carbocycles. The van der Waals surface area contributed by atoms with Gasteiger partial charge in [0.25, 0.3) is 0 Å². The summed E-state index contributed by atoms with van der Waals surface area (Å²) in [4.78, 5) is 0. The Morgan fingerprint density at radius 2 is 1.64 bits per heavy atom. The highest BCUT2D eigenvalue weighted by Gasteiger charge is 2.16. The first-order valence-electron chi connectivity index (χ1n) is 4.55. The van der Waals surface area contributed by atoms with Crippen LogP contribution in [-0.4, -0.2) is 0 Å². The zero-order chi connectivity index (χ0) is 11.2. The third-order valence-electron chi connectivity index (χ3n) is 1.86. The minimum Gasteiger partial charge on any atom is -0.192 e. The van der Waals surface area contributed by atoms with E-state index in [4.69, 9.17) is 5.26 Å². The molecule has 0 bridgehead atoms. The van der Waals surface area contributed by atoms with Gasteiger partial charge >= 0.3 is 0 Å². The molecule has 0 amide bonds. The molecule has 74 valence electrons. The lowest BCUT2D eigenvalue weighted by Crippen LogP contribution is -2.12. The van der Waals surface area contributed by atoms with Crippen LogP contribution in [0.4, 0.5) is 0 Å². The number of hydrogen-bond donors (Lipinski definition) is 0. The number of rotatable bonds is 0. The summed E-state index contributed by atoms with van der Waals surface area (Å²) >= 11 is 0. The van der Waals surface area contributed by atoms with Gasteiger partial charge in [-0.25, -0.2) is 0 Å². The largest absolute Gasteiger partial charge is 0.192 e. The quantitative estimate of drug-likeness (QED) is 0.569. The van der Waals surface area contributed by atoms with E-state index in [0.717, 1.165) is 11.1 Å². The van der Waals surface area contributed by atoms with E-state index in [9.17, 15) is 0 Å². The van der Waals surface area contributed by atoms with Crippen molar-refractivity contribution in [2.75, 3.05) is 0 Å². The summed E-state index contributed by atoms with van der Waals surface area (Å²) in [5, 5.41) is 8.83. The lowest BCUT2D eigenvalue weighted by atomic mass is 9.84. The van der Waals surface area contributed by atoms with Gasteiger partial charge in [-0.15, -0.1) is 13.2 Å². The summed E-state index contributed by atoms with van der Waals surface area (Å²) in [5.74, 6) is 0. The van der Waals surface area contributed by atoms with Crippen LogP contribution < -0.4 is 0 Å². The van der Waals surface area contributed by atoms with Crippen molar-refractivity contribution in [3.8, 4) is 6.07 Å². The predicted molar refractivity (Wildman–Crippen MR) is 61.1 cm³/mol. The zero-order valence-electron chi connectivity index (χ0n) is 9.17. The maximum absolute atomic E-state index is 8.83. The predicted octanol–water partition coefficient (Wildman–Crippen LogP) is 3.66. The standard InChI is InChI=1S/C11H13N.C2H4/c1-11(2,3)10-7-5-4-6-9(10)8-12;1-2/h4-7H,1-3H3;1-2H2. The fraction of sp³-hybridized carbons (Fsp3) is 0.308. The van der Waals surface area contributed by atoms with Gasteiger partial charge in [0.2, 0.25) is 0 Å². The van der Waals surface area contributed by atoms with Crippen molar-refractivity contribution in [2.45, 2.75) is 26.2 Å². The summed E-state index contributed by atoms with van der Waals surface area (Å²) in [5.41, 5.74) is 1.96. The SMILES string of the molecule is C=C.CC(C)(C)c1ccccc1C#N. The summed E-state index contributed by atoms with van der Waals surface area (Å²) in [6, 6.07) is 9.95. The van der Waals surface area contributed by atoms with Gasteiger partial charge in [-0.3, -0.25) is 0 Å². The van der Waals surface area contributed by atoms with Crippen LogP contribution in [0.5, 0.6) is 0 Å². The van der Waals surface area contributed by atoms with Crippen molar-refractivity contribution < 1.29 is 0 Å². The van der Waals surface area contributed by atoms with Crippen LogP contribution in [0.25, 0.3) is 0 Å². The van der Waals surface area contributed by atoms with Crippen LogP contribution in [-0.2, 0) is 5.41 Å². The lowest BCUT2D eigenvalue weighted by Gasteiger charge is -2.19. The number of hydrogen-bond acceptors (Lipinski definition) is 1. The van der Waals surface area contributed by atoms with E-state index < -0.39 is 0 Å². The minimum absolute atomic E-state index is 0.0618. The molecule has 0 atom stereocenters. The number of benzene rings is 1. The minimum atomic E-state index is 0.0618. The van der Waals surface area contributed by atoms with Gasteiger partial charge in [0.05, 0.1) is 11.6 Å². The van der Waals surface area contributed by atoms with E-state index in [0.29, 0.717) is 0 Å². The van der Waals surface area contributed by atoms with Gasteiger partial charge in [0.1, 0.15) is 0 Å². The van der Waals surface area contributed by atoms with Crippen LogP contribution in [0.3, 0.4) is 0 Å². The Bertz CT molecular complexity index is 326. The van der Waals surface area contributed by atoms with Crippen molar-refractivity contribution >= 4 is 0 Å². The Hall–Kier alpha value is -1.55. The highest BCUT2D eigenvalue weighted by Crippen LogP contribution is 2.24. The molecular formula is C13H17N. The molecule has 0 unspecified atom stereocenters. The Morgan fingerprint density at radius 3 is 2.00 bits per heavy atom. The fourth-order valence-electron chi connectivity index (χ4n) is 1.23. The summed E-state index contributed by atoms with van der Waals surface area (Å²) in [6.45, 7) is 12.3. The van der Waals surface area contributed by atoms with E-state index in [1.807, 2.05) is 24.3 Å². The van der Waals surface area contributed by atoms with E-state index in [1.165, 1.54) is 0 Å². The molecule has 1 rings (SSSR count). The molecule has 0 aliphatic heterocycles. The van der Waals surface area contributed by atoms with Gasteiger partial charge in [-0.1, -0.05) is 39.0 Å². The lowest BCUT2D eigenvalue weighted by molar-refractivity contribution is 0.588. The van der Waals surface area contributed by atoms with Gasteiger partial charge < -0.3 is 0 Å². The molecule has 0 saturated carbocycles. The molecule has 14 heavy (non-hydrogen) atoms. The van der Waals surface area contributed by atoms with Crippen molar-refractivity contribution in [2.24, 2.45) is 0 Å². The van der Waals surface area contributed by atoms with Crippen LogP contribution in [0.1, 0.15) is 31.9 Å². The van der Waals surface area contributed by atoms with Crippen LogP contribution in [0.15, 0.2) is 37.4 Å². The first-order chi connectivity index (χ1) is 6.55. The van der Waals surface area contributed by atoms with Crippen molar-refractivity contribution in [3.05, 3.63) is 48.6 Å². The van der Waals surface area contributed by atoms with E-state index in [1.54, 1.807) is 0 Å². The van der Waals surface area contributed by atoms with Crippen LogP contribution >= 0.6 is 0 Å². The monoisotopic (exact) mass is 187 g/mol. The van der Waals surface area contributed by atoms with E-state index in [-0.39, 0.29) is 5.41 Å². The Kier molecular flexibility index (Phi) is 4.66. The van der Waals surface area contributed by atoms with Gasteiger partial charge in [-0.2, -0.15) is 5.26 Å². The van der Waals surface area contributed by atoms with Gasteiger partial charge in [0, 0.05) is 0 Å². The molecule has 0 N–H and O–H groups in total. The molecule has 1 heteroatoms. The third kappa shape index (κ3) is 3.06. The molecule has 0 fully saturated rings. The molecule has 0 aliphatic rings. The average Bonchev–Trinajstić information content (AvgIpc) is 2.19.